The number of nitrogens with zero attached hydrogens (tertiary/aromatic N) is 2. The van der Waals surface area contributed by atoms with E-state index in [4.69, 9.17) is 0 Å². The monoisotopic (exact) mass is 82.1 g/mol. The summed E-state index contributed by atoms with van der Waals surface area (Å²) in [5, 5.41) is 7.36. The van der Waals surface area contributed by atoms with E-state index in [9.17, 15) is 0 Å². The lowest BCUT2D eigenvalue weighted by Gasteiger charge is -1.81. The molecule has 1 heterocycles. The molecule has 0 aromatic carbocycles. The van der Waals surface area contributed by atoms with Crippen LogP contribution in [0.15, 0.2) is 22.5 Å². The summed E-state index contributed by atoms with van der Waals surface area (Å²) in [6, 6.07) is 0.324. The van der Waals surface area contributed by atoms with Gasteiger partial charge in [-0.15, -0.1) is 0 Å². The first-order chi connectivity index (χ1) is 2.89. The molecule has 0 amide bonds. The normalized spacial score (nSPS) is 29.2. The minimum atomic E-state index is 0.324. The third-order valence-corrected chi connectivity index (χ3v) is 0.680. The molecule has 0 saturated heterocycles. The topological polar surface area (TPSA) is 24.7 Å². The summed E-state index contributed by atoms with van der Waals surface area (Å²) in [5.74, 6) is 0. The predicted octanol–water partition coefficient (Wildman–Crippen LogP) is 1.35. The van der Waals surface area contributed by atoms with Crippen molar-refractivity contribution in [3.63, 3.8) is 0 Å². The second-order valence-corrected chi connectivity index (χ2v) is 1.31. The van der Waals surface area contributed by atoms with Crippen molar-refractivity contribution in [2.24, 2.45) is 10.2 Å². The molecule has 2 heteroatoms. The van der Waals surface area contributed by atoms with Gasteiger partial charge in [-0.2, -0.15) is 10.2 Å². The molecule has 1 rings (SSSR count). The largest absolute Gasteiger partial charge is 0.182 e. The maximum Gasteiger partial charge on any atom is 0.0883 e. The predicted molar refractivity (Wildman–Crippen MR) is 23.5 cm³/mol. The second-order valence-electron chi connectivity index (χ2n) is 1.31. The highest BCUT2D eigenvalue weighted by atomic mass is 15.1. The first kappa shape index (κ1) is 3.53. The third kappa shape index (κ3) is 0.455. The van der Waals surface area contributed by atoms with Gasteiger partial charge in [0.1, 0.15) is 0 Å². The fourth-order valence-electron chi connectivity index (χ4n) is 0.345. The van der Waals surface area contributed by atoms with Crippen LogP contribution in [0.1, 0.15) is 6.92 Å². The van der Waals surface area contributed by atoms with Crippen molar-refractivity contribution in [1.29, 1.82) is 0 Å². The van der Waals surface area contributed by atoms with Gasteiger partial charge in [0.05, 0.1) is 6.04 Å². The molecule has 0 N–H and O–H groups in total. The van der Waals surface area contributed by atoms with Gasteiger partial charge in [0.15, 0.2) is 0 Å². The highest BCUT2D eigenvalue weighted by molar-refractivity contribution is 4.92. The summed E-state index contributed by atoms with van der Waals surface area (Å²) in [7, 11) is 0. The van der Waals surface area contributed by atoms with Crippen molar-refractivity contribution in [2.45, 2.75) is 13.0 Å². The molecule has 0 fully saturated rings. The van der Waals surface area contributed by atoms with E-state index in [2.05, 4.69) is 10.2 Å². The van der Waals surface area contributed by atoms with Crippen LogP contribution in [-0.4, -0.2) is 6.04 Å². The van der Waals surface area contributed by atoms with E-state index in [-0.39, 0.29) is 0 Å². The zero-order chi connectivity index (χ0) is 4.41. The standard InChI is InChI=1S/C4H6N2/c1-4-2-3-5-6-4/h2-4H,1H3. The van der Waals surface area contributed by atoms with E-state index in [1.165, 1.54) is 0 Å². The SMILES string of the molecule is CC1C=CN=N1. The van der Waals surface area contributed by atoms with Gasteiger partial charge in [-0.3, -0.25) is 0 Å². The molecule has 1 aliphatic rings. The van der Waals surface area contributed by atoms with Gasteiger partial charge in [-0.05, 0) is 13.0 Å². The van der Waals surface area contributed by atoms with E-state index >= 15 is 0 Å². The van der Waals surface area contributed by atoms with Crippen LogP contribution in [0.4, 0.5) is 0 Å². The van der Waals surface area contributed by atoms with Crippen LogP contribution in [0.5, 0.6) is 0 Å². The lowest BCUT2D eigenvalue weighted by atomic mass is 10.4. The van der Waals surface area contributed by atoms with E-state index in [1.807, 2.05) is 13.0 Å². The highest BCUT2D eigenvalue weighted by Gasteiger charge is 1.92. The molecule has 0 bridgehead atoms. The smallest absolute Gasteiger partial charge is 0.0883 e. The van der Waals surface area contributed by atoms with Crippen molar-refractivity contribution in [3.05, 3.63) is 12.3 Å². The number of hydrogen-bond donors (Lipinski definition) is 0. The van der Waals surface area contributed by atoms with Gasteiger partial charge in [0.25, 0.3) is 0 Å². The zero-order valence-electron chi connectivity index (χ0n) is 3.63. The van der Waals surface area contributed by atoms with Crippen molar-refractivity contribution >= 4 is 0 Å². The summed E-state index contributed by atoms with van der Waals surface area (Å²) in [6.07, 6.45) is 3.66. The Kier molecular flexibility index (Phi) is 0.708. The minimum Gasteiger partial charge on any atom is -0.182 e. The summed E-state index contributed by atoms with van der Waals surface area (Å²) in [6.45, 7) is 1.99. The maximum atomic E-state index is 3.75. The molecule has 0 radical (unpaired) electrons. The average molecular weight is 82.1 g/mol. The molecule has 0 aromatic rings. The van der Waals surface area contributed by atoms with Crippen LogP contribution in [0.2, 0.25) is 0 Å². The van der Waals surface area contributed by atoms with Gasteiger partial charge in [-0.1, -0.05) is 0 Å². The second kappa shape index (κ2) is 1.20. The number of hydrogen-bond acceptors (Lipinski definition) is 2. The van der Waals surface area contributed by atoms with Crippen molar-refractivity contribution in [2.75, 3.05) is 0 Å². The van der Waals surface area contributed by atoms with Gasteiger partial charge < -0.3 is 0 Å². The Morgan fingerprint density at radius 1 is 1.67 bits per heavy atom. The molecule has 2 nitrogen and oxygen atoms in total. The van der Waals surface area contributed by atoms with Gasteiger partial charge in [0.2, 0.25) is 0 Å². The molecule has 0 aromatic heterocycles. The van der Waals surface area contributed by atoms with Crippen LogP contribution in [0.3, 0.4) is 0 Å². The summed E-state index contributed by atoms with van der Waals surface area (Å²) >= 11 is 0. The molecule has 1 aliphatic heterocycles. The Bertz CT molecular complexity index is 81.7. The van der Waals surface area contributed by atoms with Crippen molar-refractivity contribution in [3.8, 4) is 0 Å². The lowest BCUT2D eigenvalue weighted by Crippen LogP contribution is -1.81. The summed E-state index contributed by atoms with van der Waals surface area (Å²) in [5.41, 5.74) is 0. The summed E-state index contributed by atoms with van der Waals surface area (Å²) in [4.78, 5) is 0. The van der Waals surface area contributed by atoms with E-state index < -0.39 is 0 Å². The number of azo groups is 1. The zero-order valence-corrected chi connectivity index (χ0v) is 3.63. The van der Waals surface area contributed by atoms with Crippen molar-refractivity contribution < 1.29 is 0 Å². The fourth-order valence-corrected chi connectivity index (χ4v) is 0.345. The molecule has 0 spiro atoms. The molecule has 6 heavy (non-hydrogen) atoms. The quantitative estimate of drug-likeness (QED) is 0.421. The Morgan fingerprint density at radius 3 is 2.67 bits per heavy atom. The average Bonchev–Trinajstić information content (AvgIpc) is 1.86. The minimum absolute atomic E-state index is 0.324. The molecule has 1 unspecified atom stereocenters. The van der Waals surface area contributed by atoms with E-state index in [1.54, 1.807) is 6.20 Å². The molecular weight excluding hydrogens is 76.1 g/mol. The molecule has 0 saturated carbocycles. The van der Waals surface area contributed by atoms with Crippen LogP contribution in [0.25, 0.3) is 0 Å². The van der Waals surface area contributed by atoms with Crippen LogP contribution < -0.4 is 0 Å². The van der Waals surface area contributed by atoms with Crippen LogP contribution >= 0.6 is 0 Å². The lowest BCUT2D eigenvalue weighted by molar-refractivity contribution is 0.894. The van der Waals surface area contributed by atoms with Crippen molar-refractivity contribution in [1.82, 2.24) is 0 Å². The van der Waals surface area contributed by atoms with Gasteiger partial charge in [0, 0.05) is 6.20 Å². The molecule has 32 valence electrons. The summed E-state index contributed by atoms with van der Waals surface area (Å²) < 4.78 is 0. The third-order valence-electron chi connectivity index (χ3n) is 0.680. The highest BCUT2D eigenvalue weighted by Crippen LogP contribution is 1.99. The van der Waals surface area contributed by atoms with E-state index in [0.29, 0.717) is 6.04 Å². The Balaban J connectivity index is 2.60. The Hall–Kier alpha value is -0.660. The molecule has 1 atom stereocenters. The first-order valence-electron chi connectivity index (χ1n) is 1.96. The first-order valence-corrected chi connectivity index (χ1v) is 1.96. The molecule has 0 aliphatic carbocycles. The van der Waals surface area contributed by atoms with Crippen LogP contribution in [-0.2, 0) is 0 Å². The molecular formula is C4H6N2. The number of rotatable bonds is 0. The maximum absolute atomic E-state index is 3.75. The van der Waals surface area contributed by atoms with E-state index in [0.717, 1.165) is 0 Å². The Morgan fingerprint density at radius 2 is 2.50 bits per heavy atom. The Labute approximate surface area is 36.6 Å². The fraction of sp³-hybridized carbons (Fsp3) is 0.500. The van der Waals surface area contributed by atoms with Gasteiger partial charge in [-0.25, -0.2) is 0 Å². The van der Waals surface area contributed by atoms with Crippen LogP contribution in [0, 0.1) is 0 Å². The van der Waals surface area contributed by atoms with Gasteiger partial charge >= 0.3 is 0 Å².